The number of hydrogen-bond acceptors (Lipinski definition) is 3. The molecule has 0 radical (unpaired) electrons. The van der Waals surface area contributed by atoms with E-state index in [0.717, 1.165) is 11.5 Å². The first kappa shape index (κ1) is 4.49. The zero-order chi connectivity index (χ0) is 6.10. The highest BCUT2D eigenvalue weighted by molar-refractivity contribution is 5.50. The Bertz CT molecular complexity index is 251. The van der Waals surface area contributed by atoms with E-state index >= 15 is 0 Å². The third kappa shape index (κ3) is 0.579. The summed E-state index contributed by atoms with van der Waals surface area (Å²) in [5, 5.41) is 0. The summed E-state index contributed by atoms with van der Waals surface area (Å²) in [6.45, 7) is 0. The minimum atomic E-state index is 0.782. The maximum Gasteiger partial charge on any atom is 0.181 e. The second-order valence-corrected chi connectivity index (χ2v) is 1.70. The van der Waals surface area contributed by atoms with Crippen LogP contribution in [0.2, 0.25) is 0 Å². The minimum Gasteiger partial charge on any atom is -0.443 e. The third-order valence-electron chi connectivity index (χ3n) is 1.13. The molecule has 0 atom stereocenters. The van der Waals surface area contributed by atoms with Crippen molar-refractivity contribution in [3.63, 3.8) is 0 Å². The van der Waals surface area contributed by atoms with E-state index < -0.39 is 0 Å². The quantitative estimate of drug-likeness (QED) is 0.524. The number of hydrogen-bond donors (Lipinski definition) is 0. The van der Waals surface area contributed by atoms with Gasteiger partial charge in [-0.25, -0.2) is 4.98 Å². The van der Waals surface area contributed by atoms with Crippen molar-refractivity contribution in [2.75, 3.05) is 0 Å². The predicted molar refractivity (Wildman–Crippen MR) is 30.9 cm³/mol. The molecule has 0 unspecified atom stereocenters. The lowest BCUT2D eigenvalue weighted by Gasteiger charge is -1.89. The van der Waals surface area contributed by atoms with Gasteiger partial charge in [0.2, 0.25) is 0 Å². The van der Waals surface area contributed by atoms with E-state index in [-0.39, 0.29) is 0 Å². The average molecular weight is 120 g/mol. The Morgan fingerprint density at radius 2 is 2.44 bits per heavy atom. The van der Waals surface area contributed by atoms with Gasteiger partial charge in [0.15, 0.2) is 12.2 Å². The van der Waals surface area contributed by atoms with Crippen LogP contribution >= 0.6 is 0 Å². The SMILES string of the molecule is c1cc2ocncc-2n1. The van der Waals surface area contributed by atoms with Gasteiger partial charge in [-0.05, 0) is 0 Å². The molecule has 0 fully saturated rings. The van der Waals surface area contributed by atoms with Gasteiger partial charge < -0.3 is 4.42 Å². The second kappa shape index (κ2) is 1.55. The Morgan fingerprint density at radius 3 is 3.33 bits per heavy atom. The van der Waals surface area contributed by atoms with Crippen LogP contribution in [0.25, 0.3) is 11.5 Å². The van der Waals surface area contributed by atoms with Crippen molar-refractivity contribution in [2.24, 2.45) is 0 Å². The molecule has 0 aromatic heterocycles. The zero-order valence-electron chi connectivity index (χ0n) is 4.61. The summed E-state index contributed by atoms with van der Waals surface area (Å²) in [5.74, 6) is 0.782. The van der Waals surface area contributed by atoms with E-state index in [1.54, 1.807) is 18.5 Å². The highest BCUT2D eigenvalue weighted by atomic mass is 16.3. The Labute approximate surface area is 51.7 Å². The van der Waals surface area contributed by atoms with E-state index in [9.17, 15) is 0 Å². The maximum absolute atomic E-state index is 4.98. The Hall–Kier alpha value is -1.38. The minimum absolute atomic E-state index is 0.782. The summed E-state index contributed by atoms with van der Waals surface area (Å²) >= 11 is 0. The van der Waals surface area contributed by atoms with E-state index in [4.69, 9.17) is 4.42 Å². The molecule has 0 saturated carbocycles. The molecule has 0 aromatic rings. The molecule has 2 rings (SSSR count). The summed E-state index contributed by atoms with van der Waals surface area (Å²) in [7, 11) is 0. The van der Waals surface area contributed by atoms with Crippen LogP contribution in [0, 0.1) is 0 Å². The van der Waals surface area contributed by atoms with E-state index in [0.29, 0.717) is 0 Å². The Morgan fingerprint density at radius 1 is 1.44 bits per heavy atom. The highest BCUT2D eigenvalue weighted by Gasteiger charge is 2.01. The fourth-order valence-corrected chi connectivity index (χ4v) is 0.719. The van der Waals surface area contributed by atoms with E-state index in [2.05, 4.69) is 9.97 Å². The van der Waals surface area contributed by atoms with Crippen LogP contribution in [-0.2, 0) is 0 Å². The average Bonchev–Trinajstić information content (AvgIpc) is 2.33. The summed E-state index contributed by atoms with van der Waals surface area (Å²) < 4.78 is 4.98. The summed E-state index contributed by atoms with van der Waals surface area (Å²) in [4.78, 5) is 7.72. The lowest BCUT2D eigenvalue weighted by Crippen LogP contribution is -1.75. The molecular weight excluding hydrogens is 116 g/mol. The highest BCUT2D eigenvalue weighted by Crippen LogP contribution is 2.15. The zero-order valence-corrected chi connectivity index (χ0v) is 4.61. The molecule has 0 aromatic carbocycles. The molecule has 3 heteroatoms. The molecule has 0 N–H and O–H groups in total. The van der Waals surface area contributed by atoms with Gasteiger partial charge in [-0.15, -0.1) is 0 Å². The van der Waals surface area contributed by atoms with Crippen LogP contribution in [-0.4, -0.2) is 9.97 Å². The Kier molecular flexibility index (Phi) is 0.773. The van der Waals surface area contributed by atoms with Crippen molar-refractivity contribution >= 4 is 0 Å². The smallest absolute Gasteiger partial charge is 0.181 e. The molecule has 2 aliphatic heterocycles. The molecule has 0 bridgehead atoms. The van der Waals surface area contributed by atoms with E-state index in [1.165, 1.54) is 6.39 Å². The van der Waals surface area contributed by atoms with Crippen LogP contribution in [0.15, 0.2) is 29.3 Å². The lowest BCUT2D eigenvalue weighted by molar-refractivity contribution is 0.542. The predicted octanol–water partition coefficient (Wildman–Crippen LogP) is 1.17. The number of aromatic nitrogens is 2. The third-order valence-corrected chi connectivity index (χ3v) is 1.13. The molecule has 2 heterocycles. The first-order valence-corrected chi connectivity index (χ1v) is 2.60. The normalized spacial score (nSPS) is 10.2. The molecule has 0 saturated heterocycles. The van der Waals surface area contributed by atoms with Crippen LogP contribution in [0.4, 0.5) is 0 Å². The standard InChI is InChI=1S/C6H4N2O/c1-2-8-5-3-7-4-9-6(1)5/h1-4H. The van der Waals surface area contributed by atoms with Gasteiger partial charge >= 0.3 is 0 Å². The van der Waals surface area contributed by atoms with Crippen molar-refractivity contribution in [1.82, 2.24) is 9.97 Å². The first-order valence-electron chi connectivity index (χ1n) is 2.60. The van der Waals surface area contributed by atoms with Gasteiger partial charge in [0.1, 0.15) is 5.69 Å². The molecular formula is C6H4N2O. The van der Waals surface area contributed by atoms with Crippen molar-refractivity contribution < 1.29 is 4.42 Å². The van der Waals surface area contributed by atoms with Gasteiger partial charge in [0, 0.05) is 12.3 Å². The second-order valence-electron chi connectivity index (χ2n) is 1.70. The van der Waals surface area contributed by atoms with Gasteiger partial charge in [-0.1, -0.05) is 0 Å². The topological polar surface area (TPSA) is 38.9 Å². The lowest BCUT2D eigenvalue weighted by atomic mass is 10.4. The first-order chi connectivity index (χ1) is 4.47. The molecule has 3 nitrogen and oxygen atoms in total. The summed E-state index contributed by atoms with van der Waals surface area (Å²) in [5.41, 5.74) is 0.803. The van der Waals surface area contributed by atoms with Gasteiger partial charge in [0.05, 0.1) is 6.20 Å². The fraction of sp³-hybridized carbons (Fsp3) is 0. The maximum atomic E-state index is 4.98. The molecule has 0 spiro atoms. The molecule has 9 heavy (non-hydrogen) atoms. The van der Waals surface area contributed by atoms with Crippen molar-refractivity contribution in [1.29, 1.82) is 0 Å². The summed E-state index contributed by atoms with van der Waals surface area (Å²) in [6, 6.07) is 1.80. The fourth-order valence-electron chi connectivity index (χ4n) is 0.719. The molecule has 0 aliphatic carbocycles. The molecule has 0 amide bonds. The van der Waals surface area contributed by atoms with Crippen molar-refractivity contribution in [3.8, 4) is 11.5 Å². The van der Waals surface area contributed by atoms with Crippen molar-refractivity contribution in [2.45, 2.75) is 0 Å². The summed E-state index contributed by atoms with van der Waals surface area (Å²) in [6.07, 6.45) is 4.75. The molecule has 2 aliphatic rings. The molecule has 44 valence electrons. The van der Waals surface area contributed by atoms with Gasteiger partial charge in [-0.3, -0.25) is 4.98 Å². The largest absolute Gasteiger partial charge is 0.443 e. The monoisotopic (exact) mass is 120 g/mol. The number of fused-ring (bicyclic) bond motifs is 1. The van der Waals surface area contributed by atoms with Crippen LogP contribution < -0.4 is 0 Å². The number of rotatable bonds is 0. The van der Waals surface area contributed by atoms with Gasteiger partial charge in [-0.2, -0.15) is 0 Å². The Balaban J connectivity index is 2.79. The van der Waals surface area contributed by atoms with Crippen molar-refractivity contribution in [3.05, 3.63) is 24.9 Å². The van der Waals surface area contributed by atoms with Crippen LogP contribution in [0.5, 0.6) is 0 Å². The van der Waals surface area contributed by atoms with Crippen LogP contribution in [0.3, 0.4) is 0 Å². The van der Waals surface area contributed by atoms with Crippen LogP contribution in [0.1, 0.15) is 0 Å². The number of nitrogens with zero attached hydrogens (tertiary/aromatic N) is 2. The van der Waals surface area contributed by atoms with Gasteiger partial charge in [0.25, 0.3) is 0 Å². The van der Waals surface area contributed by atoms with E-state index in [1.807, 2.05) is 0 Å².